The molecule has 0 amide bonds. The van der Waals surface area contributed by atoms with Crippen LogP contribution in [0.2, 0.25) is 0 Å². The summed E-state index contributed by atoms with van der Waals surface area (Å²) in [6.45, 7) is 10.6. The second-order valence-corrected chi connectivity index (χ2v) is 7.07. The molecule has 5 nitrogen and oxygen atoms in total. The molecule has 6 heteroatoms. The fourth-order valence-electron chi connectivity index (χ4n) is 2.36. The quantitative estimate of drug-likeness (QED) is 0.723. The molecule has 1 saturated heterocycles. The molecule has 0 saturated carbocycles. The Morgan fingerprint density at radius 3 is 2.33 bits per heavy atom. The van der Waals surface area contributed by atoms with Crippen LogP contribution in [0.3, 0.4) is 0 Å². The first-order valence-corrected chi connectivity index (χ1v) is 8.38. The highest BCUT2D eigenvalue weighted by Crippen LogP contribution is 2.17. The lowest BCUT2D eigenvalue weighted by molar-refractivity contribution is 0.169. The molecule has 1 fully saturated rings. The molecule has 0 aromatic heterocycles. The van der Waals surface area contributed by atoms with Crippen molar-refractivity contribution in [2.75, 3.05) is 32.7 Å². The molecular formula is C12H27N3O2S. The van der Waals surface area contributed by atoms with Gasteiger partial charge in [-0.25, -0.2) is 9.44 Å². The molecule has 18 heavy (non-hydrogen) atoms. The molecule has 0 aromatic carbocycles. The van der Waals surface area contributed by atoms with Crippen molar-refractivity contribution in [3.8, 4) is 0 Å². The molecule has 0 aliphatic carbocycles. The number of rotatable bonds is 7. The Morgan fingerprint density at radius 1 is 1.22 bits per heavy atom. The summed E-state index contributed by atoms with van der Waals surface area (Å²) >= 11 is 0. The van der Waals surface area contributed by atoms with E-state index in [0.29, 0.717) is 24.9 Å². The van der Waals surface area contributed by atoms with Gasteiger partial charge in [-0.05, 0) is 37.8 Å². The first-order chi connectivity index (χ1) is 8.43. The molecule has 108 valence electrons. The number of hydrogen-bond donors (Lipinski definition) is 2. The topological polar surface area (TPSA) is 61.4 Å². The summed E-state index contributed by atoms with van der Waals surface area (Å²) in [5.41, 5.74) is 0. The third-order valence-electron chi connectivity index (χ3n) is 3.23. The lowest BCUT2D eigenvalue weighted by Crippen LogP contribution is -2.42. The molecule has 0 atom stereocenters. The highest BCUT2D eigenvalue weighted by atomic mass is 32.2. The minimum atomic E-state index is -3.28. The van der Waals surface area contributed by atoms with Gasteiger partial charge in [-0.2, -0.15) is 8.42 Å². The van der Waals surface area contributed by atoms with Crippen LogP contribution in [-0.2, 0) is 10.2 Å². The van der Waals surface area contributed by atoms with Crippen molar-refractivity contribution in [1.29, 1.82) is 0 Å². The summed E-state index contributed by atoms with van der Waals surface area (Å²) in [5, 5.41) is 0. The van der Waals surface area contributed by atoms with Gasteiger partial charge in [0, 0.05) is 19.6 Å². The van der Waals surface area contributed by atoms with Crippen molar-refractivity contribution in [3.05, 3.63) is 0 Å². The molecule has 0 bridgehead atoms. The summed E-state index contributed by atoms with van der Waals surface area (Å²) in [5.74, 6) is 1.18. The maximum absolute atomic E-state index is 11.5. The largest absolute Gasteiger partial charge is 0.303 e. The molecule has 0 radical (unpaired) electrons. The van der Waals surface area contributed by atoms with E-state index < -0.39 is 10.2 Å². The highest BCUT2D eigenvalue weighted by molar-refractivity contribution is 7.87. The average molecular weight is 277 g/mol. The van der Waals surface area contributed by atoms with Gasteiger partial charge < -0.3 is 4.90 Å². The third-order valence-corrected chi connectivity index (χ3v) is 4.44. The van der Waals surface area contributed by atoms with Crippen molar-refractivity contribution in [1.82, 2.24) is 14.3 Å². The second-order valence-electron chi connectivity index (χ2n) is 5.49. The standard InChI is InChI=1S/C12H27N3O2S/c1-4-13-18(16,17)14-9-12-5-7-15(8-6-12)10-11(2)3/h11-14H,4-10H2,1-3H3. The van der Waals surface area contributed by atoms with E-state index in [1.54, 1.807) is 6.92 Å². The van der Waals surface area contributed by atoms with Gasteiger partial charge in [0.1, 0.15) is 0 Å². The van der Waals surface area contributed by atoms with Crippen molar-refractivity contribution in [3.63, 3.8) is 0 Å². The van der Waals surface area contributed by atoms with Crippen LogP contribution < -0.4 is 9.44 Å². The fourth-order valence-corrected chi connectivity index (χ4v) is 3.30. The summed E-state index contributed by atoms with van der Waals surface area (Å²) in [6, 6.07) is 0. The third kappa shape index (κ3) is 6.13. The predicted octanol–water partition coefficient (Wildman–Crippen LogP) is 0.798. The van der Waals surface area contributed by atoms with Gasteiger partial charge in [-0.1, -0.05) is 20.8 Å². The van der Waals surface area contributed by atoms with Crippen LogP contribution >= 0.6 is 0 Å². The van der Waals surface area contributed by atoms with Crippen molar-refractivity contribution >= 4 is 10.2 Å². The minimum Gasteiger partial charge on any atom is -0.303 e. The van der Waals surface area contributed by atoms with E-state index in [4.69, 9.17) is 0 Å². The SMILES string of the molecule is CCNS(=O)(=O)NCC1CCN(CC(C)C)CC1. The van der Waals surface area contributed by atoms with Crippen molar-refractivity contribution < 1.29 is 8.42 Å². The predicted molar refractivity (Wildman–Crippen MR) is 74.6 cm³/mol. The number of likely N-dealkylation sites (tertiary alicyclic amines) is 1. The molecule has 1 rings (SSSR count). The Balaban J connectivity index is 2.24. The minimum absolute atomic E-state index is 0.433. The van der Waals surface area contributed by atoms with Crippen LogP contribution in [0.4, 0.5) is 0 Å². The van der Waals surface area contributed by atoms with Crippen LogP contribution in [0, 0.1) is 11.8 Å². The van der Waals surface area contributed by atoms with Crippen LogP contribution in [-0.4, -0.2) is 46.0 Å². The Morgan fingerprint density at radius 2 is 1.83 bits per heavy atom. The van der Waals surface area contributed by atoms with E-state index >= 15 is 0 Å². The summed E-state index contributed by atoms with van der Waals surface area (Å²) in [7, 11) is -3.28. The van der Waals surface area contributed by atoms with Crippen LogP contribution in [0.15, 0.2) is 0 Å². The monoisotopic (exact) mass is 277 g/mol. The second kappa shape index (κ2) is 7.43. The van der Waals surface area contributed by atoms with Gasteiger partial charge in [0.2, 0.25) is 0 Å². The van der Waals surface area contributed by atoms with Gasteiger partial charge in [-0.15, -0.1) is 0 Å². The zero-order chi connectivity index (χ0) is 13.6. The maximum Gasteiger partial charge on any atom is 0.276 e. The van der Waals surface area contributed by atoms with E-state index in [9.17, 15) is 8.42 Å². The molecule has 2 N–H and O–H groups in total. The van der Waals surface area contributed by atoms with Gasteiger partial charge in [0.05, 0.1) is 0 Å². The van der Waals surface area contributed by atoms with E-state index in [1.165, 1.54) is 0 Å². The Bertz CT molecular complexity index is 322. The zero-order valence-corrected chi connectivity index (χ0v) is 12.6. The molecule has 1 aliphatic heterocycles. The van der Waals surface area contributed by atoms with E-state index in [0.717, 1.165) is 32.5 Å². The molecule has 0 spiro atoms. The molecular weight excluding hydrogens is 250 g/mol. The van der Waals surface area contributed by atoms with Gasteiger partial charge in [-0.3, -0.25) is 0 Å². The Labute approximate surface area is 112 Å². The summed E-state index contributed by atoms with van der Waals surface area (Å²) in [6.07, 6.45) is 2.17. The van der Waals surface area contributed by atoms with Crippen molar-refractivity contribution in [2.24, 2.45) is 11.8 Å². The lowest BCUT2D eigenvalue weighted by atomic mass is 9.96. The number of piperidine rings is 1. The summed E-state index contributed by atoms with van der Waals surface area (Å²) < 4.78 is 28.0. The normalized spacial score (nSPS) is 19.6. The first-order valence-electron chi connectivity index (χ1n) is 6.89. The molecule has 0 unspecified atom stereocenters. The van der Waals surface area contributed by atoms with Crippen LogP contribution in [0.1, 0.15) is 33.6 Å². The smallest absolute Gasteiger partial charge is 0.276 e. The number of nitrogens with zero attached hydrogens (tertiary/aromatic N) is 1. The fraction of sp³-hybridized carbons (Fsp3) is 1.00. The number of nitrogens with one attached hydrogen (secondary N) is 2. The average Bonchev–Trinajstić information content (AvgIpc) is 2.27. The number of hydrogen-bond acceptors (Lipinski definition) is 3. The van der Waals surface area contributed by atoms with Gasteiger partial charge in [0.25, 0.3) is 10.2 Å². The van der Waals surface area contributed by atoms with Gasteiger partial charge in [0.15, 0.2) is 0 Å². The highest BCUT2D eigenvalue weighted by Gasteiger charge is 2.20. The summed E-state index contributed by atoms with van der Waals surface area (Å²) in [4.78, 5) is 2.47. The Kier molecular flexibility index (Phi) is 6.55. The molecule has 1 aliphatic rings. The first kappa shape index (κ1) is 15.9. The zero-order valence-electron chi connectivity index (χ0n) is 11.8. The van der Waals surface area contributed by atoms with E-state index in [1.807, 2.05) is 0 Å². The molecule has 1 heterocycles. The van der Waals surface area contributed by atoms with Crippen LogP contribution in [0.25, 0.3) is 0 Å². The van der Waals surface area contributed by atoms with E-state index in [-0.39, 0.29) is 0 Å². The van der Waals surface area contributed by atoms with Crippen LogP contribution in [0.5, 0.6) is 0 Å². The lowest BCUT2D eigenvalue weighted by Gasteiger charge is -2.32. The van der Waals surface area contributed by atoms with Crippen molar-refractivity contribution in [2.45, 2.75) is 33.6 Å². The Hall–Kier alpha value is -0.170. The maximum atomic E-state index is 11.5. The van der Waals surface area contributed by atoms with E-state index in [2.05, 4.69) is 28.2 Å². The van der Waals surface area contributed by atoms with Gasteiger partial charge >= 0.3 is 0 Å². The molecule has 0 aromatic rings.